The molecule has 0 aliphatic heterocycles. The topological polar surface area (TPSA) is 52.6 Å². The summed E-state index contributed by atoms with van der Waals surface area (Å²) >= 11 is 0. The fraction of sp³-hybridized carbons (Fsp3) is 0.800. The molecule has 0 aromatic carbocycles. The lowest BCUT2D eigenvalue weighted by Gasteiger charge is -2.35. The third-order valence-corrected chi connectivity index (χ3v) is 9.11. The largest absolute Gasteiger partial charge is 0.462 e. The van der Waals surface area contributed by atoms with E-state index < -0.39 is 0 Å². The molecule has 190 valence electrons. The van der Waals surface area contributed by atoms with Gasteiger partial charge in [0.2, 0.25) is 0 Å². The van der Waals surface area contributed by atoms with Gasteiger partial charge in [0.15, 0.2) is 0 Å². The van der Waals surface area contributed by atoms with Crippen molar-refractivity contribution in [1.29, 1.82) is 0 Å². The van der Waals surface area contributed by atoms with Crippen LogP contribution in [0.2, 0.25) is 0 Å². The number of fused-ring (bicyclic) bond motifs is 2. The number of hydrogen-bond donors (Lipinski definition) is 0. The SMILES string of the molecule is CCC[C@@H]1CC[C@@H](C)C[C@H]1OC(=O)/C=C1/[C@H]2C=C[C@H](C2)[C@H]1C(=O)O[C@@H]1C[C@H](C)CC[C@H]1CCC. The molecule has 0 amide bonds. The number of ether oxygens (including phenoxy) is 2. The zero-order chi connectivity index (χ0) is 24.2. The van der Waals surface area contributed by atoms with Gasteiger partial charge in [-0.05, 0) is 86.0 Å². The molecule has 0 spiro atoms. The van der Waals surface area contributed by atoms with E-state index in [1.165, 1.54) is 12.8 Å². The molecule has 0 heterocycles. The van der Waals surface area contributed by atoms with Gasteiger partial charge in [0, 0.05) is 6.08 Å². The number of carbonyl (C=O) groups excluding carboxylic acids is 2. The molecule has 9 atom stereocenters. The summed E-state index contributed by atoms with van der Waals surface area (Å²) in [6.45, 7) is 8.94. The lowest BCUT2D eigenvalue weighted by molar-refractivity contribution is -0.159. The van der Waals surface area contributed by atoms with E-state index in [9.17, 15) is 9.59 Å². The van der Waals surface area contributed by atoms with Crippen molar-refractivity contribution in [3.63, 3.8) is 0 Å². The molecule has 4 rings (SSSR count). The van der Waals surface area contributed by atoms with E-state index in [4.69, 9.17) is 9.47 Å². The first-order valence-corrected chi connectivity index (χ1v) is 14.2. The summed E-state index contributed by atoms with van der Waals surface area (Å²) < 4.78 is 12.3. The van der Waals surface area contributed by atoms with Crippen molar-refractivity contribution in [3.05, 3.63) is 23.8 Å². The maximum absolute atomic E-state index is 13.5. The average Bonchev–Trinajstić information content (AvgIpc) is 3.39. The van der Waals surface area contributed by atoms with Gasteiger partial charge in [-0.3, -0.25) is 4.79 Å². The fourth-order valence-electron chi connectivity index (χ4n) is 7.22. The van der Waals surface area contributed by atoms with Crippen LogP contribution < -0.4 is 0 Å². The Balaban J connectivity index is 1.45. The molecular weight excluding hydrogens is 424 g/mol. The molecule has 4 nitrogen and oxygen atoms in total. The summed E-state index contributed by atoms with van der Waals surface area (Å²) in [6, 6.07) is 0. The lowest BCUT2D eigenvalue weighted by Crippen LogP contribution is -2.36. The first-order chi connectivity index (χ1) is 16.4. The molecule has 0 aromatic rings. The van der Waals surface area contributed by atoms with Crippen LogP contribution in [0.3, 0.4) is 0 Å². The normalized spacial score (nSPS) is 40.5. The van der Waals surface area contributed by atoms with Crippen LogP contribution >= 0.6 is 0 Å². The van der Waals surface area contributed by atoms with Gasteiger partial charge in [0.1, 0.15) is 12.2 Å². The van der Waals surface area contributed by atoms with Crippen molar-refractivity contribution < 1.29 is 19.1 Å². The molecule has 2 bridgehead atoms. The van der Waals surface area contributed by atoms with Gasteiger partial charge in [0.05, 0.1) is 5.92 Å². The quantitative estimate of drug-likeness (QED) is 0.217. The van der Waals surface area contributed by atoms with Gasteiger partial charge in [-0.2, -0.15) is 0 Å². The molecule has 0 N–H and O–H groups in total. The zero-order valence-electron chi connectivity index (χ0n) is 21.8. The smallest absolute Gasteiger partial charge is 0.331 e. The highest BCUT2D eigenvalue weighted by atomic mass is 16.5. The van der Waals surface area contributed by atoms with Crippen LogP contribution in [0.15, 0.2) is 23.8 Å². The van der Waals surface area contributed by atoms with Crippen LogP contribution in [0.5, 0.6) is 0 Å². The van der Waals surface area contributed by atoms with Crippen molar-refractivity contribution in [1.82, 2.24) is 0 Å². The van der Waals surface area contributed by atoms with Gasteiger partial charge in [-0.1, -0.05) is 65.5 Å². The van der Waals surface area contributed by atoms with Crippen LogP contribution in [0.1, 0.15) is 98.3 Å². The van der Waals surface area contributed by atoms with Gasteiger partial charge in [0.25, 0.3) is 0 Å². The van der Waals surface area contributed by atoms with Crippen LogP contribution in [0.4, 0.5) is 0 Å². The average molecular weight is 471 g/mol. The number of rotatable bonds is 8. The highest BCUT2D eigenvalue weighted by Crippen LogP contribution is 2.49. The molecule has 0 unspecified atom stereocenters. The van der Waals surface area contributed by atoms with Crippen LogP contribution in [0, 0.1) is 41.4 Å². The number of hydrogen-bond acceptors (Lipinski definition) is 4. The first kappa shape index (κ1) is 25.5. The van der Waals surface area contributed by atoms with Gasteiger partial charge >= 0.3 is 11.9 Å². The Morgan fingerprint density at radius 2 is 1.44 bits per heavy atom. The molecule has 3 fully saturated rings. The van der Waals surface area contributed by atoms with Gasteiger partial charge in [-0.25, -0.2) is 4.79 Å². The highest BCUT2D eigenvalue weighted by Gasteiger charge is 2.46. The zero-order valence-corrected chi connectivity index (χ0v) is 21.8. The Labute approximate surface area is 206 Å². The van der Waals surface area contributed by atoms with Crippen molar-refractivity contribution in [3.8, 4) is 0 Å². The molecule has 4 aliphatic carbocycles. The van der Waals surface area contributed by atoms with Crippen molar-refractivity contribution in [2.45, 2.75) is 111 Å². The monoisotopic (exact) mass is 470 g/mol. The highest BCUT2D eigenvalue weighted by molar-refractivity contribution is 5.87. The predicted octanol–water partition coefficient (Wildman–Crippen LogP) is 7.03. The van der Waals surface area contributed by atoms with E-state index in [-0.39, 0.29) is 41.9 Å². The van der Waals surface area contributed by atoms with Crippen LogP contribution in [0.25, 0.3) is 0 Å². The second kappa shape index (κ2) is 11.4. The molecule has 0 radical (unpaired) electrons. The maximum Gasteiger partial charge on any atom is 0.331 e. The maximum atomic E-state index is 13.5. The van der Waals surface area contributed by atoms with Gasteiger partial charge in [-0.15, -0.1) is 0 Å². The third kappa shape index (κ3) is 5.79. The number of allylic oxidation sites excluding steroid dienone is 2. The van der Waals surface area contributed by atoms with Crippen molar-refractivity contribution in [2.75, 3.05) is 0 Å². The molecular formula is C30H46O4. The van der Waals surface area contributed by atoms with Gasteiger partial charge < -0.3 is 9.47 Å². The lowest BCUT2D eigenvalue weighted by atomic mass is 9.78. The minimum absolute atomic E-state index is 0.00566. The molecule has 4 heteroatoms. The van der Waals surface area contributed by atoms with E-state index in [2.05, 4.69) is 39.8 Å². The summed E-state index contributed by atoms with van der Waals surface area (Å²) in [6.07, 6.45) is 18.1. The van der Waals surface area contributed by atoms with Crippen molar-refractivity contribution >= 4 is 11.9 Å². The summed E-state index contributed by atoms with van der Waals surface area (Å²) in [4.78, 5) is 26.5. The number of esters is 2. The van der Waals surface area contributed by atoms with Crippen molar-refractivity contribution in [2.24, 2.45) is 41.4 Å². The molecule has 34 heavy (non-hydrogen) atoms. The molecule has 0 saturated heterocycles. The molecule has 4 aliphatic rings. The standard InChI is InChI=1S/C30H46O4/c1-5-7-21-11-9-19(3)15-26(21)33-28(31)18-25-23-13-14-24(17-23)29(25)30(32)34-27-16-20(4)10-12-22(27)8-6-2/h13-14,18-24,26-27,29H,5-12,15-17H2,1-4H3/b25-18-/t19-,20-,21-,22-,23+,24-,26-,27-,29-/m1/s1. The minimum Gasteiger partial charge on any atom is -0.462 e. The van der Waals surface area contributed by atoms with Crippen LogP contribution in [-0.4, -0.2) is 24.1 Å². The molecule has 0 aromatic heterocycles. The first-order valence-electron chi connectivity index (χ1n) is 14.2. The second-order valence-electron chi connectivity index (χ2n) is 11.9. The number of carbonyl (C=O) groups is 2. The minimum atomic E-state index is -0.321. The summed E-state index contributed by atoms with van der Waals surface area (Å²) in [5.74, 6) is 1.77. The molecule has 3 saturated carbocycles. The Bertz CT molecular complexity index is 783. The van der Waals surface area contributed by atoms with E-state index in [0.717, 1.165) is 63.4 Å². The third-order valence-electron chi connectivity index (χ3n) is 9.11. The predicted molar refractivity (Wildman–Crippen MR) is 135 cm³/mol. The fourth-order valence-corrected chi connectivity index (χ4v) is 7.22. The van der Waals surface area contributed by atoms with E-state index in [1.807, 2.05) is 0 Å². The summed E-state index contributed by atoms with van der Waals surface area (Å²) in [7, 11) is 0. The van der Waals surface area contributed by atoms with E-state index in [1.54, 1.807) is 6.08 Å². The Morgan fingerprint density at radius 3 is 2.03 bits per heavy atom. The Kier molecular flexibility index (Phi) is 8.58. The Hall–Kier alpha value is -1.58. The Morgan fingerprint density at radius 1 is 0.853 bits per heavy atom. The summed E-state index contributed by atoms with van der Waals surface area (Å²) in [5, 5.41) is 0. The summed E-state index contributed by atoms with van der Waals surface area (Å²) in [5.41, 5.74) is 0.925. The van der Waals surface area contributed by atoms with E-state index in [0.29, 0.717) is 23.7 Å². The van der Waals surface area contributed by atoms with Crippen LogP contribution in [-0.2, 0) is 19.1 Å². The van der Waals surface area contributed by atoms with E-state index >= 15 is 0 Å². The second-order valence-corrected chi connectivity index (χ2v) is 11.9.